The number of ether oxygens (including phenoxy) is 1. The molecule has 1 unspecified atom stereocenters. The van der Waals surface area contributed by atoms with Crippen molar-refractivity contribution in [1.29, 1.82) is 0 Å². The van der Waals surface area contributed by atoms with Crippen LogP contribution in [-0.4, -0.2) is 40.1 Å². The molecule has 26 heavy (non-hydrogen) atoms. The first-order valence-electron chi connectivity index (χ1n) is 8.62. The molecule has 142 valence electrons. The topological polar surface area (TPSA) is 58.6 Å². The van der Waals surface area contributed by atoms with E-state index in [9.17, 15) is 8.42 Å². The number of halogens is 1. The van der Waals surface area contributed by atoms with Crippen LogP contribution in [0.2, 0.25) is 4.34 Å². The van der Waals surface area contributed by atoms with E-state index in [-0.39, 0.29) is 10.3 Å². The molecule has 3 rings (SSSR count). The largest absolute Gasteiger partial charge is 0.497 e. The standard InChI is InChI=1S/C18H23ClN2O3S2/c1-24-15-7-5-14(6-8-15)16(21-11-3-2-4-12-21)13-20-26(22,23)18-10-9-17(19)25-18/h5-10,16,20H,2-4,11-13H2,1H3. The Morgan fingerprint density at radius 1 is 1.15 bits per heavy atom. The van der Waals surface area contributed by atoms with Gasteiger partial charge in [-0.15, -0.1) is 11.3 Å². The number of methoxy groups -OCH3 is 1. The summed E-state index contributed by atoms with van der Waals surface area (Å²) in [6.07, 6.45) is 3.51. The normalized spacial score (nSPS) is 17.2. The fraction of sp³-hybridized carbons (Fsp3) is 0.444. The second kappa shape index (κ2) is 8.71. The number of nitrogens with zero attached hydrogens (tertiary/aromatic N) is 1. The molecule has 1 N–H and O–H groups in total. The number of nitrogens with one attached hydrogen (secondary N) is 1. The molecule has 0 spiro atoms. The molecule has 1 aromatic heterocycles. The number of rotatable bonds is 7. The first-order chi connectivity index (χ1) is 12.5. The van der Waals surface area contributed by atoms with E-state index in [4.69, 9.17) is 16.3 Å². The summed E-state index contributed by atoms with van der Waals surface area (Å²) in [5.41, 5.74) is 1.08. The van der Waals surface area contributed by atoms with E-state index < -0.39 is 10.0 Å². The zero-order valence-electron chi connectivity index (χ0n) is 14.7. The van der Waals surface area contributed by atoms with Crippen LogP contribution in [0.4, 0.5) is 0 Å². The predicted octanol–water partition coefficient (Wildman–Crippen LogP) is 3.92. The maximum atomic E-state index is 12.6. The van der Waals surface area contributed by atoms with Crippen molar-refractivity contribution in [2.45, 2.75) is 29.5 Å². The maximum absolute atomic E-state index is 12.6. The highest BCUT2D eigenvalue weighted by Gasteiger charge is 2.25. The van der Waals surface area contributed by atoms with Crippen LogP contribution in [-0.2, 0) is 10.0 Å². The average Bonchev–Trinajstić information content (AvgIpc) is 3.11. The third kappa shape index (κ3) is 4.78. The molecule has 1 saturated heterocycles. The van der Waals surface area contributed by atoms with Gasteiger partial charge in [0.05, 0.1) is 11.4 Å². The summed E-state index contributed by atoms with van der Waals surface area (Å²) < 4.78 is 33.8. The second-order valence-corrected chi connectivity index (χ2v) is 10.0. The van der Waals surface area contributed by atoms with Gasteiger partial charge in [-0.25, -0.2) is 13.1 Å². The van der Waals surface area contributed by atoms with Crippen LogP contribution >= 0.6 is 22.9 Å². The molecule has 2 heterocycles. The average molecular weight is 415 g/mol. The van der Waals surface area contributed by atoms with Gasteiger partial charge in [0.15, 0.2) is 0 Å². The molecule has 1 aliphatic rings. The van der Waals surface area contributed by atoms with E-state index in [0.717, 1.165) is 48.6 Å². The Bertz CT molecular complexity index is 815. The molecule has 0 bridgehead atoms. The number of sulfonamides is 1. The van der Waals surface area contributed by atoms with Crippen molar-refractivity contribution in [2.75, 3.05) is 26.7 Å². The van der Waals surface area contributed by atoms with Crippen molar-refractivity contribution in [3.05, 3.63) is 46.3 Å². The Morgan fingerprint density at radius 2 is 1.85 bits per heavy atom. The van der Waals surface area contributed by atoms with E-state index in [1.807, 2.05) is 24.3 Å². The maximum Gasteiger partial charge on any atom is 0.250 e. The summed E-state index contributed by atoms with van der Waals surface area (Å²) in [5, 5.41) is 0. The molecule has 5 nitrogen and oxygen atoms in total. The van der Waals surface area contributed by atoms with Gasteiger partial charge in [0.1, 0.15) is 9.96 Å². The Kier molecular flexibility index (Phi) is 6.58. The lowest BCUT2D eigenvalue weighted by molar-refractivity contribution is 0.164. The molecule has 8 heteroatoms. The minimum Gasteiger partial charge on any atom is -0.497 e. The van der Waals surface area contributed by atoms with Crippen molar-refractivity contribution in [3.8, 4) is 5.75 Å². The van der Waals surface area contributed by atoms with Gasteiger partial charge in [0, 0.05) is 12.6 Å². The third-order valence-electron chi connectivity index (χ3n) is 4.61. The molecule has 1 atom stereocenters. The Labute approximate surface area is 164 Å². The van der Waals surface area contributed by atoms with Crippen LogP contribution in [0.3, 0.4) is 0 Å². The fourth-order valence-electron chi connectivity index (χ4n) is 3.22. The summed E-state index contributed by atoms with van der Waals surface area (Å²) >= 11 is 6.95. The number of thiophene rings is 1. The van der Waals surface area contributed by atoms with Gasteiger partial charge in [-0.2, -0.15) is 0 Å². The van der Waals surface area contributed by atoms with Gasteiger partial charge in [-0.3, -0.25) is 4.90 Å². The van der Waals surface area contributed by atoms with Crippen LogP contribution in [0.1, 0.15) is 30.9 Å². The van der Waals surface area contributed by atoms with Crippen LogP contribution < -0.4 is 9.46 Å². The number of hydrogen-bond acceptors (Lipinski definition) is 5. The van der Waals surface area contributed by atoms with E-state index in [1.165, 1.54) is 6.42 Å². The summed E-state index contributed by atoms with van der Waals surface area (Å²) in [7, 11) is -1.92. The summed E-state index contributed by atoms with van der Waals surface area (Å²) in [5.74, 6) is 0.792. The third-order valence-corrected chi connectivity index (χ3v) is 7.76. The molecule has 0 saturated carbocycles. The van der Waals surface area contributed by atoms with Crippen LogP contribution in [0, 0.1) is 0 Å². The van der Waals surface area contributed by atoms with E-state index in [2.05, 4.69) is 9.62 Å². The molecular weight excluding hydrogens is 392 g/mol. The molecule has 1 aliphatic heterocycles. The SMILES string of the molecule is COc1ccc(C(CNS(=O)(=O)c2ccc(Cl)s2)N2CCCCC2)cc1. The predicted molar refractivity (Wildman–Crippen MR) is 106 cm³/mol. The number of likely N-dealkylation sites (tertiary alicyclic amines) is 1. The molecule has 0 amide bonds. The monoisotopic (exact) mass is 414 g/mol. The van der Waals surface area contributed by atoms with Gasteiger partial charge in [0.25, 0.3) is 0 Å². The van der Waals surface area contributed by atoms with Gasteiger partial charge in [-0.05, 0) is 55.8 Å². The van der Waals surface area contributed by atoms with E-state index in [0.29, 0.717) is 10.9 Å². The van der Waals surface area contributed by atoms with Crippen LogP contribution in [0.25, 0.3) is 0 Å². The van der Waals surface area contributed by atoms with Crippen molar-refractivity contribution in [2.24, 2.45) is 0 Å². The highest BCUT2D eigenvalue weighted by molar-refractivity contribution is 7.91. The van der Waals surface area contributed by atoms with Crippen molar-refractivity contribution in [3.63, 3.8) is 0 Å². The van der Waals surface area contributed by atoms with E-state index >= 15 is 0 Å². The van der Waals surface area contributed by atoms with Crippen molar-refractivity contribution < 1.29 is 13.2 Å². The minimum absolute atomic E-state index is 0.00795. The number of piperidine rings is 1. The van der Waals surface area contributed by atoms with Crippen molar-refractivity contribution in [1.82, 2.24) is 9.62 Å². The quantitative estimate of drug-likeness (QED) is 0.746. The molecule has 0 aliphatic carbocycles. The summed E-state index contributed by atoms with van der Waals surface area (Å²) in [4.78, 5) is 2.36. The number of hydrogen-bond donors (Lipinski definition) is 1. The second-order valence-electron chi connectivity index (χ2n) is 6.30. The first kappa shape index (κ1) is 19.6. The van der Waals surface area contributed by atoms with Crippen molar-refractivity contribution >= 4 is 33.0 Å². The summed E-state index contributed by atoms with van der Waals surface area (Å²) in [6, 6.07) is 11.0. The number of benzene rings is 1. The summed E-state index contributed by atoms with van der Waals surface area (Å²) in [6.45, 7) is 2.27. The molecular formula is C18H23ClN2O3S2. The van der Waals surface area contributed by atoms with Gasteiger partial charge in [-0.1, -0.05) is 30.2 Å². The Hall–Kier alpha value is -1.12. The minimum atomic E-state index is -3.56. The zero-order chi connectivity index (χ0) is 18.6. The van der Waals surface area contributed by atoms with Crippen LogP contribution in [0.15, 0.2) is 40.6 Å². The highest BCUT2D eigenvalue weighted by Crippen LogP contribution is 2.28. The molecule has 0 radical (unpaired) electrons. The molecule has 1 fully saturated rings. The molecule has 1 aromatic carbocycles. The first-order valence-corrected chi connectivity index (χ1v) is 11.3. The van der Waals surface area contributed by atoms with Crippen LogP contribution in [0.5, 0.6) is 5.75 Å². The zero-order valence-corrected chi connectivity index (χ0v) is 17.0. The Balaban J connectivity index is 1.78. The lowest BCUT2D eigenvalue weighted by Crippen LogP contribution is -2.40. The fourth-order valence-corrected chi connectivity index (χ4v) is 5.78. The lowest BCUT2D eigenvalue weighted by Gasteiger charge is -2.35. The Morgan fingerprint density at radius 3 is 2.42 bits per heavy atom. The van der Waals surface area contributed by atoms with Gasteiger partial charge in [0.2, 0.25) is 10.0 Å². The van der Waals surface area contributed by atoms with Gasteiger partial charge >= 0.3 is 0 Å². The van der Waals surface area contributed by atoms with E-state index in [1.54, 1.807) is 19.2 Å². The smallest absolute Gasteiger partial charge is 0.250 e. The molecule has 2 aromatic rings. The lowest BCUT2D eigenvalue weighted by atomic mass is 10.0. The highest BCUT2D eigenvalue weighted by atomic mass is 35.5. The van der Waals surface area contributed by atoms with Gasteiger partial charge < -0.3 is 4.74 Å².